The van der Waals surface area contributed by atoms with E-state index in [1.165, 1.54) is 12.1 Å². The largest absolute Gasteiger partial charge is 0.377 e. The highest BCUT2D eigenvalue weighted by Crippen LogP contribution is 2.38. The van der Waals surface area contributed by atoms with Crippen molar-refractivity contribution in [2.75, 3.05) is 26.2 Å². The lowest BCUT2D eigenvalue weighted by atomic mass is 10.0. The quantitative estimate of drug-likeness (QED) is 0.369. The maximum absolute atomic E-state index is 15.0. The molecule has 0 bridgehead atoms. The SMILES string of the molecule is O=C1CNC(c2cn3c4c(cc(F)cc24)CN(C(=O)N2CC(F)(F)OC(F)(F)C2)CC3)=C1c1cnc2ccccn12. The lowest BCUT2D eigenvalue weighted by molar-refractivity contribution is -0.400. The summed E-state index contributed by atoms with van der Waals surface area (Å²) in [5.74, 6) is -0.780. The van der Waals surface area contributed by atoms with Gasteiger partial charge in [0.25, 0.3) is 0 Å². The molecule has 0 atom stereocenters. The van der Waals surface area contributed by atoms with Crippen LogP contribution in [0.15, 0.2) is 48.9 Å². The standard InChI is InChI=1S/C27H21F5N6O3/c28-16-7-15-11-36(25(40)37-13-26(29,30)41-27(31,32)14-37)6-5-35-12-18(17(8-16)24(15)35)23-22(20(39)10-34-23)19-9-33-21-3-1-2-4-38(19)21/h1-4,7-9,12,34H,5-6,10-11,13-14H2. The fraction of sp³-hybridized carbons (Fsp3) is 0.296. The van der Waals surface area contributed by atoms with Crippen molar-refractivity contribution in [2.24, 2.45) is 0 Å². The smallest absolute Gasteiger partial charge is 0.376 e. The predicted molar refractivity (Wildman–Crippen MR) is 135 cm³/mol. The van der Waals surface area contributed by atoms with Crippen LogP contribution < -0.4 is 5.32 Å². The lowest BCUT2D eigenvalue weighted by Gasteiger charge is -2.39. The fourth-order valence-electron chi connectivity index (χ4n) is 5.88. The molecule has 1 aromatic carbocycles. The van der Waals surface area contributed by atoms with Crippen LogP contribution in [0.3, 0.4) is 0 Å². The number of ketones is 1. The Balaban J connectivity index is 1.29. The third-order valence-electron chi connectivity index (χ3n) is 7.47. The number of morpholine rings is 1. The highest BCUT2D eigenvalue weighted by Gasteiger charge is 2.53. The maximum Gasteiger partial charge on any atom is 0.377 e. The average Bonchev–Trinajstić information content (AvgIpc) is 3.55. The number of halogens is 5. The molecule has 1 N–H and O–H groups in total. The number of nitrogens with zero attached hydrogens (tertiary/aromatic N) is 5. The van der Waals surface area contributed by atoms with Gasteiger partial charge in [0.15, 0.2) is 5.78 Å². The second-order valence-electron chi connectivity index (χ2n) is 10.2. The van der Waals surface area contributed by atoms with E-state index in [0.717, 1.165) is 4.90 Å². The number of amides is 2. The average molecular weight is 572 g/mol. The molecular weight excluding hydrogens is 551 g/mol. The topological polar surface area (TPSA) is 84.1 Å². The number of imidazole rings is 1. The Morgan fingerprint density at radius 3 is 2.61 bits per heavy atom. The minimum absolute atomic E-state index is 0.0155. The van der Waals surface area contributed by atoms with Crippen molar-refractivity contribution in [3.63, 3.8) is 0 Å². The summed E-state index contributed by atoms with van der Waals surface area (Å²) in [6.45, 7) is -2.66. The van der Waals surface area contributed by atoms with Gasteiger partial charge in [-0.2, -0.15) is 17.6 Å². The Morgan fingerprint density at radius 2 is 1.83 bits per heavy atom. The molecule has 1 saturated heterocycles. The minimum atomic E-state index is -4.21. The van der Waals surface area contributed by atoms with E-state index in [9.17, 15) is 27.2 Å². The number of aromatic nitrogens is 3. The molecule has 212 valence electrons. The molecule has 0 unspecified atom stereocenters. The summed E-state index contributed by atoms with van der Waals surface area (Å²) in [7, 11) is 0. The molecule has 0 spiro atoms. The van der Waals surface area contributed by atoms with Crippen LogP contribution >= 0.6 is 0 Å². The third-order valence-corrected chi connectivity index (χ3v) is 7.47. The number of hydrogen-bond acceptors (Lipinski definition) is 5. The van der Waals surface area contributed by atoms with E-state index in [4.69, 9.17) is 0 Å². The molecule has 7 rings (SSSR count). The first kappa shape index (κ1) is 25.5. The molecule has 41 heavy (non-hydrogen) atoms. The monoisotopic (exact) mass is 572 g/mol. The molecule has 0 saturated carbocycles. The predicted octanol–water partition coefficient (Wildman–Crippen LogP) is 3.92. The van der Waals surface area contributed by atoms with Crippen molar-refractivity contribution in [3.8, 4) is 0 Å². The fourth-order valence-corrected chi connectivity index (χ4v) is 5.88. The molecular formula is C27H21F5N6O3. The van der Waals surface area contributed by atoms with Crippen molar-refractivity contribution in [1.29, 1.82) is 0 Å². The van der Waals surface area contributed by atoms with Crippen LogP contribution in [0, 0.1) is 5.82 Å². The van der Waals surface area contributed by atoms with Gasteiger partial charge < -0.3 is 19.7 Å². The van der Waals surface area contributed by atoms with Crippen molar-refractivity contribution in [3.05, 3.63) is 71.6 Å². The highest BCUT2D eigenvalue weighted by molar-refractivity contribution is 6.32. The molecule has 14 heteroatoms. The number of hydrogen-bond donors (Lipinski definition) is 1. The van der Waals surface area contributed by atoms with E-state index in [1.54, 1.807) is 27.6 Å². The molecule has 3 aromatic heterocycles. The Morgan fingerprint density at radius 1 is 1.05 bits per heavy atom. The zero-order valence-electron chi connectivity index (χ0n) is 21.2. The molecule has 3 aliphatic heterocycles. The summed E-state index contributed by atoms with van der Waals surface area (Å²) in [4.78, 5) is 32.1. The Bertz CT molecular complexity index is 1780. The van der Waals surface area contributed by atoms with E-state index in [-0.39, 0.29) is 32.0 Å². The van der Waals surface area contributed by atoms with Crippen LogP contribution in [-0.4, -0.2) is 74.0 Å². The van der Waals surface area contributed by atoms with Gasteiger partial charge in [0.05, 0.1) is 35.2 Å². The molecule has 0 aliphatic carbocycles. The summed E-state index contributed by atoms with van der Waals surface area (Å²) in [5.41, 5.74) is 3.65. The van der Waals surface area contributed by atoms with E-state index in [0.29, 0.717) is 49.5 Å². The summed E-state index contributed by atoms with van der Waals surface area (Å²) >= 11 is 0. The van der Waals surface area contributed by atoms with Gasteiger partial charge in [-0.1, -0.05) is 6.07 Å². The highest BCUT2D eigenvalue weighted by atomic mass is 19.3. The number of fused-ring (bicyclic) bond motifs is 1. The van der Waals surface area contributed by atoms with E-state index in [1.807, 2.05) is 18.2 Å². The van der Waals surface area contributed by atoms with Gasteiger partial charge in [-0.25, -0.2) is 14.2 Å². The number of benzene rings is 1. The zero-order chi connectivity index (χ0) is 28.7. The molecule has 1 fully saturated rings. The second-order valence-corrected chi connectivity index (χ2v) is 10.2. The summed E-state index contributed by atoms with van der Waals surface area (Å²) in [6.07, 6.45) is -3.30. The normalized spacial score (nSPS) is 20.2. The summed E-state index contributed by atoms with van der Waals surface area (Å²) in [6, 6.07) is 6.98. The van der Waals surface area contributed by atoms with Crippen molar-refractivity contribution in [2.45, 2.75) is 25.3 Å². The Hall–Kier alpha value is -4.46. The van der Waals surface area contributed by atoms with Gasteiger partial charge in [-0.05, 0) is 29.8 Å². The first-order chi connectivity index (χ1) is 19.5. The number of pyridine rings is 1. The number of nitrogens with one attached hydrogen (secondary N) is 1. The maximum atomic E-state index is 15.0. The molecule has 9 nitrogen and oxygen atoms in total. The summed E-state index contributed by atoms with van der Waals surface area (Å²) in [5, 5.41) is 3.62. The Labute approximate surface area is 228 Å². The first-order valence-corrected chi connectivity index (χ1v) is 12.7. The molecule has 3 aliphatic rings. The summed E-state index contributed by atoms with van der Waals surface area (Å²) < 4.78 is 77.3. The van der Waals surface area contributed by atoms with Gasteiger partial charge in [0.1, 0.15) is 24.6 Å². The van der Waals surface area contributed by atoms with Crippen molar-refractivity contribution < 1.29 is 36.3 Å². The number of rotatable bonds is 2. The van der Waals surface area contributed by atoms with Crippen LogP contribution in [0.1, 0.15) is 16.8 Å². The molecule has 0 radical (unpaired) electrons. The number of carbonyl (C=O) groups is 2. The van der Waals surface area contributed by atoms with Gasteiger partial charge in [-0.15, -0.1) is 0 Å². The van der Waals surface area contributed by atoms with Crippen LogP contribution in [-0.2, 0) is 22.6 Å². The molecule has 2 amide bonds. The number of alkyl halides is 4. The van der Waals surface area contributed by atoms with Crippen LogP contribution in [0.25, 0.3) is 27.8 Å². The number of Topliss-reactive ketones (excluding diaryl/α,β-unsaturated/α-hetero) is 1. The third kappa shape index (κ3) is 4.20. The first-order valence-electron chi connectivity index (χ1n) is 12.7. The number of urea groups is 1. The van der Waals surface area contributed by atoms with Crippen LogP contribution in [0.4, 0.5) is 26.7 Å². The number of ether oxygens (including phenoxy) is 1. The molecule has 6 heterocycles. The van der Waals surface area contributed by atoms with E-state index >= 15 is 4.39 Å². The Kier molecular flexibility index (Phi) is 5.45. The van der Waals surface area contributed by atoms with Gasteiger partial charge in [-0.3, -0.25) is 13.9 Å². The van der Waals surface area contributed by atoms with Gasteiger partial charge in [0, 0.05) is 43.0 Å². The van der Waals surface area contributed by atoms with E-state index < -0.39 is 37.2 Å². The van der Waals surface area contributed by atoms with Crippen LogP contribution in [0.2, 0.25) is 0 Å². The molecule has 4 aromatic rings. The van der Waals surface area contributed by atoms with Crippen LogP contribution in [0.5, 0.6) is 0 Å². The van der Waals surface area contributed by atoms with Gasteiger partial charge >= 0.3 is 18.2 Å². The zero-order valence-corrected chi connectivity index (χ0v) is 21.2. The number of carbonyl (C=O) groups excluding carboxylic acids is 2. The second kappa shape index (κ2) is 8.77. The van der Waals surface area contributed by atoms with Crippen molar-refractivity contribution >= 4 is 39.6 Å². The minimum Gasteiger partial charge on any atom is -0.376 e. The van der Waals surface area contributed by atoms with Gasteiger partial charge in [0.2, 0.25) is 0 Å². The van der Waals surface area contributed by atoms with E-state index in [2.05, 4.69) is 15.0 Å². The van der Waals surface area contributed by atoms with Crippen molar-refractivity contribution in [1.82, 2.24) is 29.1 Å². The lowest BCUT2D eigenvalue weighted by Crippen LogP contribution is -2.59.